The van der Waals surface area contributed by atoms with E-state index in [1.165, 1.54) is 6.07 Å². The summed E-state index contributed by atoms with van der Waals surface area (Å²) in [6.45, 7) is 1.98. The maximum Gasteiger partial charge on any atom is 0.387 e. The molecule has 1 aromatic rings. The Kier molecular flexibility index (Phi) is 6.73. The molecule has 0 aliphatic carbocycles. The Morgan fingerprint density at radius 1 is 1.26 bits per heavy atom. The number of alkyl halides is 2. The van der Waals surface area contributed by atoms with Gasteiger partial charge >= 0.3 is 6.61 Å². The Morgan fingerprint density at radius 3 is 2.58 bits per heavy atom. The van der Waals surface area contributed by atoms with Crippen LogP contribution in [0, 0.1) is 5.92 Å². The average Bonchev–Trinajstić information content (AvgIpc) is 2.36. The van der Waals surface area contributed by atoms with Crippen molar-refractivity contribution < 1.29 is 18.6 Å². The second-order valence-electron chi connectivity index (χ2n) is 4.66. The van der Waals surface area contributed by atoms with Crippen molar-refractivity contribution in [2.75, 3.05) is 13.2 Å². The van der Waals surface area contributed by atoms with Gasteiger partial charge < -0.3 is 15.2 Å². The van der Waals surface area contributed by atoms with Crippen molar-refractivity contribution >= 4 is 0 Å². The maximum absolute atomic E-state index is 12.3. The zero-order valence-corrected chi connectivity index (χ0v) is 11.3. The Bertz CT molecular complexity index is 374. The molecular weight excluding hydrogens is 252 g/mol. The number of ether oxygens (including phenoxy) is 1. The summed E-state index contributed by atoms with van der Waals surface area (Å²) in [6.07, 6.45) is 0.717. The predicted octanol–water partition coefficient (Wildman–Crippen LogP) is 2.96. The first-order valence-electron chi connectivity index (χ1n) is 6.42. The molecule has 0 saturated carbocycles. The van der Waals surface area contributed by atoms with E-state index < -0.39 is 6.61 Å². The number of nitrogens with one attached hydrogen (secondary N) is 1. The van der Waals surface area contributed by atoms with E-state index in [-0.39, 0.29) is 18.4 Å². The third kappa shape index (κ3) is 5.53. The van der Waals surface area contributed by atoms with Gasteiger partial charge in [-0.2, -0.15) is 8.78 Å². The highest BCUT2D eigenvalue weighted by molar-refractivity contribution is 5.35. The summed E-state index contributed by atoms with van der Waals surface area (Å²) >= 11 is 0. The van der Waals surface area contributed by atoms with Crippen molar-refractivity contribution in [3.8, 4) is 5.75 Å². The van der Waals surface area contributed by atoms with Gasteiger partial charge in [-0.3, -0.25) is 0 Å². The van der Waals surface area contributed by atoms with Crippen molar-refractivity contribution in [2.24, 2.45) is 5.92 Å². The molecule has 0 aliphatic heterocycles. The topological polar surface area (TPSA) is 41.5 Å². The molecule has 0 saturated heterocycles. The van der Waals surface area contributed by atoms with Crippen molar-refractivity contribution in [1.29, 1.82) is 0 Å². The third-order valence-electron chi connectivity index (χ3n) is 3.00. The van der Waals surface area contributed by atoms with Crippen molar-refractivity contribution in [1.82, 2.24) is 5.32 Å². The van der Waals surface area contributed by atoms with Gasteiger partial charge in [0.05, 0.1) is 0 Å². The molecule has 19 heavy (non-hydrogen) atoms. The van der Waals surface area contributed by atoms with Gasteiger partial charge in [0.25, 0.3) is 0 Å². The van der Waals surface area contributed by atoms with Gasteiger partial charge in [-0.1, -0.05) is 25.1 Å². The smallest absolute Gasteiger partial charge is 0.387 e. The van der Waals surface area contributed by atoms with E-state index in [9.17, 15) is 8.78 Å². The lowest BCUT2D eigenvalue weighted by Crippen LogP contribution is -2.25. The minimum absolute atomic E-state index is 0.0870. The van der Waals surface area contributed by atoms with E-state index in [1.54, 1.807) is 18.2 Å². The first kappa shape index (κ1) is 15.9. The Hall–Kier alpha value is -1.20. The largest absolute Gasteiger partial charge is 0.434 e. The summed E-state index contributed by atoms with van der Waals surface area (Å²) in [6, 6.07) is 6.69. The van der Waals surface area contributed by atoms with Crippen molar-refractivity contribution in [3.05, 3.63) is 29.8 Å². The lowest BCUT2D eigenvalue weighted by atomic mass is 10.0. The Balaban J connectivity index is 2.63. The molecule has 1 aromatic carbocycles. The van der Waals surface area contributed by atoms with E-state index in [4.69, 9.17) is 5.11 Å². The zero-order valence-electron chi connectivity index (χ0n) is 11.3. The molecule has 0 radical (unpaired) electrons. The Morgan fingerprint density at radius 2 is 1.95 bits per heavy atom. The summed E-state index contributed by atoms with van der Waals surface area (Å²) in [5.41, 5.74) is 0.707. The maximum atomic E-state index is 12.3. The van der Waals surface area contributed by atoms with Crippen LogP contribution >= 0.6 is 0 Å². The fourth-order valence-corrected chi connectivity index (χ4v) is 1.85. The number of para-hydroxylation sites is 1. The molecule has 0 bridgehead atoms. The number of hydrogen-bond donors (Lipinski definition) is 2. The van der Waals surface area contributed by atoms with Gasteiger partial charge in [-0.25, -0.2) is 0 Å². The molecular formula is C14H21F2NO2. The molecule has 0 aliphatic rings. The molecule has 0 fully saturated rings. The number of aliphatic hydroxyl groups excluding tert-OH is 1. The molecule has 5 heteroatoms. The average molecular weight is 273 g/mol. The minimum atomic E-state index is -2.82. The van der Waals surface area contributed by atoms with Gasteiger partial charge in [0, 0.05) is 18.2 Å². The van der Waals surface area contributed by atoms with Crippen LogP contribution < -0.4 is 10.1 Å². The molecule has 3 nitrogen and oxygen atoms in total. The van der Waals surface area contributed by atoms with Crippen LogP contribution in [0.2, 0.25) is 0 Å². The summed E-state index contributed by atoms with van der Waals surface area (Å²) in [5.74, 6) is 0.531. The molecule has 0 aromatic heterocycles. The van der Waals surface area contributed by atoms with E-state index >= 15 is 0 Å². The molecule has 2 unspecified atom stereocenters. The number of benzene rings is 1. The zero-order chi connectivity index (χ0) is 14.3. The standard InChI is InChI=1S/C14H21F2NO2/c1-10(7-8-18)9-17-11(2)12-5-3-4-6-13(12)19-14(15)16/h3-6,10-11,14,17-18H,7-9H2,1-2H3. The van der Waals surface area contributed by atoms with E-state index in [1.807, 2.05) is 13.8 Å². The van der Waals surface area contributed by atoms with Crippen LogP contribution in [-0.2, 0) is 0 Å². The quantitative estimate of drug-likeness (QED) is 0.765. The highest BCUT2D eigenvalue weighted by Crippen LogP contribution is 2.26. The number of rotatable bonds is 8. The van der Waals surface area contributed by atoms with Gasteiger partial charge in [0.1, 0.15) is 5.75 Å². The van der Waals surface area contributed by atoms with Crippen LogP contribution in [0.15, 0.2) is 24.3 Å². The third-order valence-corrected chi connectivity index (χ3v) is 3.00. The van der Waals surface area contributed by atoms with Crippen LogP contribution in [0.3, 0.4) is 0 Å². The van der Waals surface area contributed by atoms with E-state index in [2.05, 4.69) is 10.1 Å². The molecule has 2 N–H and O–H groups in total. The molecule has 0 amide bonds. The van der Waals surface area contributed by atoms with Crippen LogP contribution in [0.5, 0.6) is 5.75 Å². The highest BCUT2D eigenvalue weighted by Gasteiger charge is 2.14. The predicted molar refractivity (Wildman–Crippen MR) is 70.4 cm³/mol. The second-order valence-corrected chi connectivity index (χ2v) is 4.66. The van der Waals surface area contributed by atoms with Crippen molar-refractivity contribution in [3.63, 3.8) is 0 Å². The van der Waals surface area contributed by atoms with Crippen LogP contribution in [0.25, 0.3) is 0 Å². The SMILES string of the molecule is CC(CCO)CNC(C)c1ccccc1OC(F)F. The number of hydrogen-bond acceptors (Lipinski definition) is 3. The first-order valence-corrected chi connectivity index (χ1v) is 6.42. The van der Waals surface area contributed by atoms with Gasteiger partial charge in [0.15, 0.2) is 0 Å². The van der Waals surface area contributed by atoms with Crippen LogP contribution in [-0.4, -0.2) is 24.9 Å². The first-order chi connectivity index (χ1) is 9.04. The molecule has 108 valence electrons. The molecule has 0 spiro atoms. The summed E-state index contributed by atoms with van der Waals surface area (Å²) in [4.78, 5) is 0. The lowest BCUT2D eigenvalue weighted by molar-refractivity contribution is -0.0506. The van der Waals surface area contributed by atoms with Crippen molar-refractivity contribution in [2.45, 2.75) is 32.9 Å². The molecule has 2 atom stereocenters. The molecule has 0 heterocycles. The lowest BCUT2D eigenvalue weighted by Gasteiger charge is -2.20. The number of halogens is 2. The van der Waals surface area contributed by atoms with Crippen LogP contribution in [0.4, 0.5) is 8.78 Å². The molecule has 1 rings (SSSR count). The summed E-state index contributed by atoms with van der Waals surface area (Å²) < 4.78 is 29.1. The van der Waals surface area contributed by atoms with Gasteiger partial charge in [0.2, 0.25) is 0 Å². The van der Waals surface area contributed by atoms with Gasteiger partial charge in [-0.15, -0.1) is 0 Å². The summed E-state index contributed by atoms with van der Waals surface area (Å²) in [5, 5.41) is 12.1. The number of aliphatic hydroxyl groups is 1. The minimum Gasteiger partial charge on any atom is -0.434 e. The van der Waals surface area contributed by atoms with E-state index in [0.29, 0.717) is 18.0 Å². The normalized spacial score (nSPS) is 14.4. The monoisotopic (exact) mass is 273 g/mol. The Labute approximate surface area is 112 Å². The van der Waals surface area contributed by atoms with E-state index in [0.717, 1.165) is 6.42 Å². The highest BCUT2D eigenvalue weighted by atomic mass is 19.3. The second kappa shape index (κ2) is 8.07. The van der Waals surface area contributed by atoms with Crippen LogP contribution in [0.1, 0.15) is 31.9 Å². The fraction of sp³-hybridized carbons (Fsp3) is 0.571. The van der Waals surface area contributed by atoms with Gasteiger partial charge in [-0.05, 0) is 31.9 Å². The summed E-state index contributed by atoms with van der Waals surface area (Å²) in [7, 11) is 0. The fourth-order valence-electron chi connectivity index (χ4n) is 1.85.